The molecule has 0 bridgehead atoms. The number of carbonyl (C=O) groups is 1. The molecule has 1 aromatic heterocycles. The maximum Gasteiger partial charge on any atom is 0.250 e. The minimum atomic E-state index is -0.223. The zero-order valence-corrected chi connectivity index (χ0v) is 17.6. The van der Waals surface area contributed by atoms with Crippen LogP contribution in [0.25, 0.3) is 16.8 Å². The minimum Gasteiger partial charge on any atom is -0.298 e. The molecule has 144 valence electrons. The van der Waals surface area contributed by atoms with Gasteiger partial charge in [-0.1, -0.05) is 77.8 Å². The predicted molar refractivity (Wildman–Crippen MR) is 123 cm³/mol. The highest BCUT2D eigenvalue weighted by Gasteiger charge is 2.09. The number of amides is 1. The quantitative estimate of drug-likeness (QED) is 0.346. The lowest BCUT2D eigenvalue weighted by molar-refractivity contribution is -0.111. The summed E-state index contributed by atoms with van der Waals surface area (Å²) in [5, 5.41) is 6.68. The number of aromatic nitrogens is 1. The van der Waals surface area contributed by atoms with Gasteiger partial charge >= 0.3 is 0 Å². The summed E-state index contributed by atoms with van der Waals surface area (Å²) in [6, 6.07) is 19.7. The van der Waals surface area contributed by atoms with E-state index in [0.717, 1.165) is 26.8 Å². The van der Waals surface area contributed by atoms with Gasteiger partial charge in [-0.25, -0.2) is 4.98 Å². The fourth-order valence-electron chi connectivity index (χ4n) is 3.03. The average Bonchev–Trinajstić information content (AvgIpc) is 3.16. The standard InChI is InChI=1S/C23H16Cl2N2OS/c24-20-10-4-8-17(22(20)25)13-18-14-26-23(29-18)27-21(28)12-11-16-7-3-6-15-5-1-2-9-19(15)16/h1-12,14H,13H2,(H,26,27,28)/b12-11+. The van der Waals surface area contributed by atoms with E-state index in [4.69, 9.17) is 23.2 Å². The number of halogens is 2. The number of nitrogens with zero attached hydrogens (tertiary/aromatic N) is 1. The SMILES string of the molecule is O=C(/C=C/c1cccc2ccccc12)Nc1ncc(Cc2cccc(Cl)c2Cl)s1. The van der Waals surface area contributed by atoms with Gasteiger partial charge in [0, 0.05) is 23.6 Å². The van der Waals surface area contributed by atoms with E-state index in [1.807, 2.05) is 48.5 Å². The smallest absolute Gasteiger partial charge is 0.250 e. The molecule has 0 aliphatic rings. The van der Waals surface area contributed by atoms with E-state index in [9.17, 15) is 4.79 Å². The van der Waals surface area contributed by atoms with Crippen LogP contribution < -0.4 is 5.32 Å². The number of thiazole rings is 1. The van der Waals surface area contributed by atoms with Crippen LogP contribution in [0.5, 0.6) is 0 Å². The van der Waals surface area contributed by atoms with Crippen LogP contribution in [0.15, 0.2) is 72.9 Å². The van der Waals surface area contributed by atoms with Crippen LogP contribution in [0.2, 0.25) is 10.0 Å². The van der Waals surface area contributed by atoms with Gasteiger partial charge in [0.05, 0.1) is 10.0 Å². The highest BCUT2D eigenvalue weighted by atomic mass is 35.5. The summed E-state index contributed by atoms with van der Waals surface area (Å²) in [5.41, 5.74) is 1.92. The lowest BCUT2D eigenvalue weighted by atomic mass is 10.0. The minimum absolute atomic E-state index is 0.223. The Labute approximate surface area is 182 Å². The van der Waals surface area contributed by atoms with Crippen LogP contribution in [0.3, 0.4) is 0 Å². The Hall–Kier alpha value is -2.66. The first kappa shape index (κ1) is 19.6. The van der Waals surface area contributed by atoms with Crippen molar-refractivity contribution in [1.29, 1.82) is 0 Å². The summed E-state index contributed by atoms with van der Waals surface area (Å²) in [4.78, 5) is 17.6. The third kappa shape index (κ3) is 4.67. The van der Waals surface area contributed by atoms with Gasteiger partial charge in [-0.05, 0) is 34.0 Å². The third-order valence-corrected chi connectivity index (χ3v) is 6.19. The molecule has 0 aliphatic heterocycles. The maximum absolute atomic E-state index is 12.3. The van der Waals surface area contributed by atoms with Crippen molar-refractivity contribution < 1.29 is 4.79 Å². The number of benzene rings is 3. The van der Waals surface area contributed by atoms with E-state index in [-0.39, 0.29) is 5.91 Å². The molecule has 0 spiro atoms. The first-order valence-corrected chi connectivity index (χ1v) is 10.5. The van der Waals surface area contributed by atoms with Crippen molar-refractivity contribution >= 4 is 62.4 Å². The second-order valence-corrected chi connectivity index (χ2v) is 8.31. The summed E-state index contributed by atoms with van der Waals surface area (Å²) in [6.07, 6.45) is 5.69. The van der Waals surface area contributed by atoms with Gasteiger partial charge in [0.25, 0.3) is 0 Å². The molecule has 3 nitrogen and oxygen atoms in total. The van der Waals surface area contributed by atoms with E-state index in [1.54, 1.807) is 12.3 Å². The molecule has 4 rings (SSSR count). The van der Waals surface area contributed by atoms with Gasteiger partial charge in [-0.2, -0.15) is 0 Å². The van der Waals surface area contributed by atoms with E-state index in [2.05, 4.69) is 22.4 Å². The monoisotopic (exact) mass is 438 g/mol. The molecule has 0 fully saturated rings. The van der Waals surface area contributed by atoms with Gasteiger partial charge in [0.2, 0.25) is 5.91 Å². The summed E-state index contributed by atoms with van der Waals surface area (Å²) < 4.78 is 0. The maximum atomic E-state index is 12.3. The normalized spacial score (nSPS) is 11.2. The molecule has 1 N–H and O–H groups in total. The molecule has 0 saturated carbocycles. The van der Waals surface area contributed by atoms with E-state index in [0.29, 0.717) is 21.6 Å². The Balaban J connectivity index is 1.44. The second kappa shape index (κ2) is 8.78. The van der Waals surface area contributed by atoms with Gasteiger partial charge in [-0.3, -0.25) is 10.1 Å². The van der Waals surface area contributed by atoms with Gasteiger partial charge in [0.15, 0.2) is 5.13 Å². The Morgan fingerprint density at radius 1 is 1.03 bits per heavy atom. The highest BCUT2D eigenvalue weighted by molar-refractivity contribution is 7.15. The van der Waals surface area contributed by atoms with Crippen molar-refractivity contribution in [2.45, 2.75) is 6.42 Å². The number of fused-ring (bicyclic) bond motifs is 1. The van der Waals surface area contributed by atoms with Gasteiger partial charge in [-0.15, -0.1) is 11.3 Å². The molecule has 1 amide bonds. The molecule has 6 heteroatoms. The number of hydrogen-bond acceptors (Lipinski definition) is 3. The zero-order chi connectivity index (χ0) is 20.2. The summed E-state index contributed by atoms with van der Waals surface area (Å²) >= 11 is 13.7. The zero-order valence-electron chi connectivity index (χ0n) is 15.2. The highest BCUT2D eigenvalue weighted by Crippen LogP contribution is 2.29. The fraction of sp³-hybridized carbons (Fsp3) is 0.0435. The molecule has 29 heavy (non-hydrogen) atoms. The summed E-state index contributed by atoms with van der Waals surface area (Å²) in [6.45, 7) is 0. The van der Waals surface area contributed by atoms with Crippen molar-refractivity contribution in [3.8, 4) is 0 Å². The lowest BCUT2D eigenvalue weighted by Crippen LogP contribution is -2.07. The first-order chi connectivity index (χ1) is 14.1. The topological polar surface area (TPSA) is 42.0 Å². The molecule has 0 saturated heterocycles. The van der Waals surface area contributed by atoms with Crippen LogP contribution >= 0.6 is 34.5 Å². The fourth-order valence-corrected chi connectivity index (χ4v) is 4.25. The molecule has 1 heterocycles. The lowest BCUT2D eigenvalue weighted by Gasteiger charge is -2.03. The summed E-state index contributed by atoms with van der Waals surface area (Å²) in [7, 11) is 0. The van der Waals surface area contributed by atoms with Crippen molar-refractivity contribution in [3.63, 3.8) is 0 Å². The average molecular weight is 439 g/mol. The second-order valence-electron chi connectivity index (χ2n) is 6.41. The van der Waals surface area contributed by atoms with E-state index >= 15 is 0 Å². The van der Waals surface area contributed by atoms with E-state index in [1.165, 1.54) is 17.4 Å². The number of rotatable bonds is 5. The van der Waals surface area contributed by atoms with E-state index < -0.39 is 0 Å². The molecule has 3 aromatic carbocycles. The van der Waals surface area contributed by atoms with Crippen LogP contribution in [-0.2, 0) is 11.2 Å². The predicted octanol–water partition coefficient (Wildman–Crippen LogP) is 6.85. The Morgan fingerprint density at radius 3 is 2.72 bits per heavy atom. The molecular weight excluding hydrogens is 423 g/mol. The molecule has 4 aromatic rings. The van der Waals surface area contributed by atoms with Crippen molar-refractivity contribution in [2.24, 2.45) is 0 Å². The van der Waals surface area contributed by atoms with Crippen LogP contribution in [-0.4, -0.2) is 10.9 Å². The van der Waals surface area contributed by atoms with Crippen LogP contribution in [0, 0.1) is 0 Å². The Bertz CT molecular complexity index is 1210. The van der Waals surface area contributed by atoms with Gasteiger partial charge in [0.1, 0.15) is 0 Å². The number of anilines is 1. The molecule has 0 atom stereocenters. The molecule has 0 radical (unpaired) electrons. The Morgan fingerprint density at radius 2 is 1.83 bits per heavy atom. The largest absolute Gasteiger partial charge is 0.298 e. The van der Waals surface area contributed by atoms with Gasteiger partial charge < -0.3 is 0 Å². The van der Waals surface area contributed by atoms with Crippen LogP contribution in [0.4, 0.5) is 5.13 Å². The molecule has 0 unspecified atom stereocenters. The number of nitrogens with one attached hydrogen (secondary N) is 1. The number of carbonyl (C=O) groups excluding carboxylic acids is 1. The Kier molecular flexibility index (Phi) is 5.95. The molecular formula is C23H16Cl2N2OS. The summed E-state index contributed by atoms with van der Waals surface area (Å²) in [5.74, 6) is -0.223. The van der Waals surface area contributed by atoms with Crippen molar-refractivity contribution in [1.82, 2.24) is 4.98 Å². The molecule has 0 aliphatic carbocycles. The van der Waals surface area contributed by atoms with Crippen molar-refractivity contribution in [3.05, 3.63) is 99.0 Å². The number of hydrogen-bond donors (Lipinski definition) is 1. The van der Waals surface area contributed by atoms with Crippen molar-refractivity contribution in [2.75, 3.05) is 5.32 Å². The first-order valence-electron chi connectivity index (χ1n) is 8.94. The third-order valence-electron chi connectivity index (χ3n) is 4.42. The van der Waals surface area contributed by atoms with Crippen LogP contribution in [0.1, 0.15) is 16.0 Å².